The van der Waals surface area contributed by atoms with Crippen LogP contribution in [0, 0.1) is 0 Å². The highest BCUT2D eigenvalue weighted by Gasteiger charge is 2.45. The van der Waals surface area contributed by atoms with Crippen molar-refractivity contribution >= 4 is 11.8 Å². The Morgan fingerprint density at radius 1 is 1.06 bits per heavy atom. The van der Waals surface area contributed by atoms with E-state index >= 15 is 0 Å². The average Bonchev–Trinajstić information content (AvgIpc) is 2.17. The van der Waals surface area contributed by atoms with Crippen molar-refractivity contribution < 1.29 is 32.2 Å². The van der Waals surface area contributed by atoms with Gasteiger partial charge in [0.15, 0.2) is 0 Å². The van der Waals surface area contributed by atoms with Gasteiger partial charge < -0.3 is 9.47 Å². The molecule has 0 radical (unpaired) electrons. The number of carbonyl (C=O) groups is 2. The van der Waals surface area contributed by atoms with Crippen LogP contribution in [0.5, 0.6) is 0 Å². The lowest BCUT2D eigenvalue weighted by atomic mass is 10.1. The number of Topliss-reactive ketones (excluding diaryl/α,β-unsaturated/α-hetero) is 1. The minimum absolute atomic E-state index is 0.0415. The van der Waals surface area contributed by atoms with Crippen LogP contribution in [0.4, 0.5) is 13.2 Å². The molecule has 0 saturated carbocycles. The van der Waals surface area contributed by atoms with Gasteiger partial charge >= 0.3 is 12.1 Å². The van der Waals surface area contributed by atoms with Crippen LogP contribution in [0.1, 0.15) is 20.8 Å². The normalized spacial score (nSPS) is 12.8. The summed E-state index contributed by atoms with van der Waals surface area (Å²) < 4.78 is 45.9. The fraction of sp³-hybridized carbons (Fsp3) is 0.600. The van der Waals surface area contributed by atoms with Crippen LogP contribution in [-0.2, 0) is 19.1 Å². The van der Waals surface area contributed by atoms with E-state index < -0.39 is 29.3 Å². The van der Waals surface area contributed by atoms with Gasteiger partial charge in [0.05, 0.1) is 13.2 Å². The number of hydrogen-bond donors (Lipinski definition) is 0. The van der Waals surface area contributed by atoms with E-state index in [-0.39, 0.29) is 13.2 Å². The first-order valence-electron chi connectivity index (χ1n) is 4.88. The second-order valence-electron chi connectivity index (χ2n) is 2.91. The number of halogens is 3. The summed E-state index contributed by atoms with van der Waals surface area (Å²) in [4.78, 5) is 22.3. The first-order chi connectivity index (χ1) is 7.75. The summed E-state index contributed by atoms with van der Waals surface area (Å²) >= 11 is 0. The van der Waals surface area contributed by atoms with Crippen molar-refractivity contribution in [1.82, 2.24) is 0 Å². The second kappa shape index (κ2) is 6.27. The molecule has 0 rings (SSSR count). The van der Waals surface area contributed by atoms with Gasteiger partial charge in [-0.25, -0.2) is 4.79 Å². The number of carbonyl (C=O) groups excluding carboxylic acids is 2. The van der Waals surface area contributed by atoms with Gasteiger partial charge in [-0.15, -0.1) is 0 Å². The molecule has 4 nitrogen and oxygen atoms in total. The fourth-order valence-electron chi connectivity index (χ4n) is 1.03. The van der Waals surface area contributed by atoms with Gasteiger partial charge in [-0.05, 0) is 20.8 Å². The van der Waals surface area contributed by atoms with Crippen molar-refractivity contribution in [2.24, 2.45) is 0 Å². The van der Waals surface area contributed by atoms with Crippen LogP contribution in [0.2, 0.25) is 0 Å². The van der Waals surface area contributed by atoms with Crippen molar-refractivity contribution in [1.29, 1.82) is 0 Å². The SMILES string of the molecule is CCOC(=O)/C(C(=O)C(F)(F)F)=C(/C)OCC. The van der Waals surface area contributed by atoms with Crippen LogP contribution >= 0.6 is 0 Å². The minimum atomic E-state index is -5.14. The Morgan fingerprint density at radius 3 is 1.88 bits per heavy atom. The summed E-state index contributed by atoms with van der Waals surface area (Å²) in [5.41, 5.74) is -1.11. The maximum absolute atomic E-state index is 12.3. The number of alkyl halides is 3. The third kappa shape index (κ3) is 4.46. The number of allylic oxidation sites excluding steroid dienone is 1. The van der Waals surface area contributed by atoms with Gasteiger partial charge in [-0.1, -0.05) is 0 Å². The lowest BCUT2D eigenvalue weighted by Gasteiger charge is -2.12. The molecular weight excluding hydrogens is 241 g/mol. The van der Waals surface area contributed by atoms with E-state index in [2.05, 4.69) is 4.74 Å². The molecule has 0 N–H and O–H groups in total. The summed E-state index contributed by atoms with van der Waals surface area (Å²) in [5.74, 6) is -3.99. The van der Waals surface area contributed by atoms with Crippen LogP contribution < -0.4 is 0 Å². The zero-order valence-electron chi connectivity index (χ0n) is 9.68. The molecule has 0 unspecified atom stereocenters. The zero-order chi connectivity index (χ0) is 13.6. The Kier molecular flexibility index (Phi) is 5.70. The van der Waals surface area contributed by atoms with Crippen LogP contribution in [0.25, 0.3) is 0 Å². The number of ether oxygens (including phenoxy) is 2. The summed E-state index contributed by atoms with van der Waals surface area (Å²) in [6.07, 6.45) is -5.14. The van der Waals surface area contributed by atoms with E-state index in [1.807, 2.05) is 0 Å². The van der Waals surface area contributed by atoms with E-state index in [0.29, 0.717) is 0 Å². The number of hydrogen-bond acceptors (Lipinski definition) is 4. The molecule has 0 amide bonds. The van der Waals surface area contributed by atoms with E-state index in [1.54, 1.807) is 0 Å². The third-order valence-corrected chi connectivity index (χ3v) is 1.68. The molecule has 0 atom stereocenters. The predicted octanol–water partition coefficient (Wildman–Crippen LogP) is 1.99. The molecule has 0 aromatic carbocycles. The first-order valence-corrected chi connectivity index (χ1v) is 4.88. The van der Waals surface area contributed by atoms with Crippen molar-refractivity contribution in [2.75, 3.05) is 13.2 Å². The van der Waals surface area contributed by atoms with Gasteiger partial charge in [0.2, 0.25) is 0 Å². The van der Waals surface area contributed by atoms with E-state index in [1.165, 1.54) is 13.8 Å². The average molecular weight is 254 g/mol. The third-order valence-electron chi connectivity index (χ3n) is 1.68. The molecule has 17 heavy (non-hydrogen) atoms. The standard InChI is InChI=1S/C10H13F3O4/c1-4-16-6(3)7(9(15)17-5-2)8(14)10(11,12)13/h4-5H2,1-3H3/b7-6-. The first kappa shape index (κ1) is 15.5. The van der Waals surface area contributed by atoms with Crippen molar-refractivity contribution in [3.05, 3.63) is 11.3 Å². The summed E-state index contributed by atoms with van der Waals surface area (Å²) in [7, 11) is 0. The Morgan fingerprint density at radius 2 is 1.53 bits per heavy atom. The number of ketones is 1. The van der Waals surface area contributed by atoms with Gasteiger partial charge in [0, 0.05) is 0 Å². The molecule has 0 fully saturated rings. The maximum Gasteiger partial charge on any atom is 0.455 e. The molecule has 0 aliphatic carbocycles. The quantitative estimate of drug-likeness (QED) is 0.247. The molecular formula is C10H13F3O4. The van der Waals surface area contributed by atoms with Crippen LogP contribution in [0.15, 0.2) is 11.3 Å². The lowest BCUT2D eigenvalue weighted by Crippen LogP contribution is -2.30. The topological polar surface area (TPSA) is 52.6 Å². The van der Waals surface area contributed by atoms with Crippen LogP contribution in [-0.4, -0.2) is 31.1 Å². The molecule has 0 aliphatic rings. The summed E-state index contributed by atoms with van der Waals surface area (Å²) in [6.45, 7) is 3.96. The summed E-state index contributed by atoms with van der Waals surface area (Å²) in [5, 5.41) is 0. The van der Waals surface area contributed by atoms with Crippen molar-refractivity contribution in [2.45, 2.75) is 26.9 Å². The molecule has 0 aromatic rings. The molecule has 0 aromatic heterocycles. The molecule has 0 heterocycles. The van der Waals surface area contributed by atoms with Crippen molar-refractivity contribution in [3.63, 3.8) is 0 Å². The highest BCUT2D eigenvalue weighted by Crippen LogP contribution is 2.23. The van der Waals surface area contributed by atoms with Gasteiger partial charge in [-0.2, -0.15) is 13.2 Å². The molecule has 0 bridgehead atoms. The second-order valence-corrected chi connectivity index (χ2v) is 2.91. The van der Waals surface area contributed by atoms with Crippen LogP contribution in [0.3, 0.4) is 0 Å². The Balaban J connectivity index is 5.34. The molecule has 0 spiro atoms. The molecule has 7 heteroatoms. The molecule has 0 saturated heterocycles. The predicted molar refractivity (Wildman–Crippen MR) is 52.0 cm³/mol. The Bertz CT molecular complexity index is 331. The van der Waals surface area contributed by atoms with E-state index in [9.17, 15) is 22.8 Å². The summed E-state index contributed by atoms with van der Waals surface area (Å²) in [6, 6.07) is 0. The maximum atomic E-state index is 12.3. The Hall–Kier alpha value is -1.53. The zero-order valence-corrected chi connectivity index (χ0v) is 9.68. The lowest BCUT2D eigenvalue weighted by molar-refractivity contribution is -0.169. The Labute approximate surface area is 96.4 Å². The highest BCUT2D eigenvalue weighted by atomic mass is 19.4. The minimum Gasteiger partial charge on any atom is -0.497 e. The monoisotopic (exact) mass is 254 g/mol. The fourth-order valence-corrected chi connectivity index (χ4v) is 1.03. The highest BCUT2D eigenvalue weighted by molar-refractivity contribution is 6.19. The van der Waals surface area contributed by atoms with E-state index in [0.717, 1.165) is 6.92 Å². The van der Waals surface area contributed by atoms with Crippen molar-refractivity contribution in [3.8, 4) is 0 Å². The smallest absolute Gasteiger partial charge is 0.455 e. The van der Waals surface area contributed by atoms with E-state index in [4.69, 9.17) is 4.74 Å². The van der Waals surface area contributed by atoms with Gasteiger partial charge in [-0.3, -0.25) is 4.79 Å². The number of esters is 1. The molecule has 0 aliphatic heterocycles. The molecule has 98 valence electrons. The van der Waals surface area contributed by atoms with Gasteiger partial charge in [0.1, 0.15) is 11.3 Å². The van der Waals surface area contributed by atoms with Gasteiger partial charge in [0.25, 0.3) is 5.78 Å². The number of rotatable bonds is 5. The largest absolute Gasteiger partial charge is 0.497 e.